The molecule has 27 heavy (non-hydrogen) atoms. The molecule has 2 fully saturated rings. The van der Waals surface area contributed by atoms with Gasteiger partial charge in [0.1, 0.15) is 0 Å². The van der Waals surface area contributed by atoms with E-state index >= 15 is 0 Å². The number of thiophene rings is 1. The molecular weight excluding hydrogens is 364 g/mol. The van der Waals surface area contributed by atoms with Crippen molar-refractivity contribution in [3.05, 3.63) is 21.4 Å². The smallest absolute Gasteiger partial charge is 0.317 e. The molecule has 0 aromatic carbocycles. The predicted molar refractivity (Wildman–Crippen MR) is 104 cm³/mol. The summed E-state index contributed by atoms with van der Waals surface area (Å²) in [6, 6.07) is 2.23. The zero-order valence-corrected chi connectivity index (χ0v) is 16.8. The molecule has 1 heterocycles. The number of aliphatic carboxylic acids is 1. The summed E-state index contributed by atoms with van der Waals surface area (Å²) in [5, 5.41) is 12.1. The molecule has 0 aliphatic heterocycles. The Hall–Kier alpha value is -1.73. The maximum absolute atomic E-state index is 12.3. The number of nitrogens with one attached hydrogen (secondary N) is 1. The van der Waals surface area contributed by atoms with E-state index in [1.807, 2.05) is 24.8 Å². The van der Waals surface area contributed by atoms with Crippen LogP contribution in [0, 0.1) is 19.8 Å². The van der Waals surface area contributed by atoms with Gasteiger partial charge in [-0.3, -0.25) is 19.3 Å². The maximum atomic E-state index is 12.3. The molecule has 0 spiro atoms. The van der Waals surface area contributed by atoms with E-state index in [2.05, 4.69) is 5.32 Å². The van der Waals surface area contributed by atoms with Crippen LogP contribution in [-0.2, 0) is 9.59 Å². The molecule has 7 heteroatoms. The van der Waals surface area contributed by atoms with Gasteiger partial charge >= 0.3 is 5.97 Å². The van der Waals surface area contributed by atoms with Crippen LogP contribution < -0.4 is 5.32 Å². The Morgan fingerprint density at radius 1 is 1.22 bits per heavy atom. The topological polar surface area (TPSA) is 86.7 Å². The number of hydrogen-bond acceptors (Lipinski definition) is 5. The second-order valence-corrected chi connectivity index (χ2v) is 9.37. The lowest BCUT2D eigenvalue weighted by molar-refractivity contribution is -0.140. The van der Waals surface area contributed by atoms with E-state index in [1.165, 1.54) is 12.8 Å². The summed E-state index contributed by atoms with van der Waals surface area (Å²) < 4.78 is 0. The first kappa shape index (κ1) is 20.0. The monoisotopic (exact) mass is 392 g/mol. The third-order valence-corrected chi connectivity index (χ3v) is 6.41. The van der Waals surface area contributed by atoms with Gasteiger partial charge in [-0.1, -0.05) is 0 Å². The Balaban J connectivity index is 1.38. The fourth-order valence-corrected chi connectivity index (χ4v) is 4.66. The number of amides is 1. The van der Waals surface area contributed by atoms with Crippen LogP contribution in [0.5, 0.6) is 0 Å². The number of ketones is 1. The first-order valence-corrected chi connectivity index (χ1v) is 10.5. The van der Waals surface area contributed by atoms with Gasteiger partial charge in [-0.05, 0) is 51.5 Å². The third-order valence-electron chi connectivity index (χ3n) is 5.44. The normalized spacial score (nSPS) is 21.7. The van der Waals surface area contributed by atoms with Crippen molar-refractivity contribution >= 4 is 29.0 Å². The summed E-state index contributed by atoms with van der Waals surface area (Å²) in [4.78, 5) is 39.6. The van der Waals surface area contributed by atoms with E-state index in [1.54, 1.807) is 11.3 Å². The van der Waals surface area contributed by atoms with E-state index in [-0.39, 0.29) is 43.2 Å². The van der Waals surface area contributed by atoms with Crippen LogP contribution in [0.25, 0.3) is 0 Å². The maximum Gasteiger partial charge on any atom is 0.317 e. The van der Waals surface area contributed by atoms with Crippen LogP contribution in [0.3, 0.4) is 0 Å². The minimum Gasteiger partial charge on any atom is -0.480 e. The van der Waals surface area contributed by atoms with Crippen molar-refractivity contribution in [2.24, 2.45) is 5.92 Å². The third kappa shape index (κ3) is 5.62. The molecule has 148 valence electrons. The number of carboxylic acids is 1. The van der Waals surface area contributed by atoms with Gasteiger partial charge in [0.05, 0.1) is 6.54 Å². The Morgan fingerprint density at radius 2 is 1.93 bits per heavy atom. The van der Waals surface area contributed by atoms with Crippen molar-refractivity contribution in [3.8, 4) is 0 Å². The number of carboxylic acid groups (broad SMARTS) is 1. The van der Waals surface area contributed by atoms with E-state index < -0.39 is 5.97 Å². The second kappa shape index (κ2) is 8.52. The summed E-state index contributed by atoms with van der Waals surface area (Å²) in [5.41, 5.74) is 0.735. The Morgan fingerprint density at radius 3 is 2.48 bits per heavy atom. The van der Waals surface area contributed by atoms with Crippen LogP contribution in [0.1, 0.15) is 58.6 Å². The van der Waals surface area contributed by atoms with Crippen molar-refractivity contribution in [2.45, 2.75) is 64.5 Å². The van der Waals surface area contributed by atoms with E-state index in [9.17, 15) is 14.4 Å². The molecule has 0 bridgehead atoms. The van der Waals surface area contributed by atoms with Crippen molar-refractivity contribution in [2.75, 3.05) is 13.1 Å². The van der Waals surface area contributed by atoms with Gasteiger partial charge in [0.2, 0.25) is 5.91 Å². The van der Waals surface area contributed by atoms with Gasteiger partial charge in [0.15, 0.2) is 5.78 Å². The van der Waals surface area contributed by atoms with Crippen LogP contribution in [0.15, 0.2) is 6.07 Å². The van der Waals surface area contributed by atoms with Gasteiger partial charge in [-0.2, -0.15) is 0 Å². The highest BCUT2D eigenvalue weighted by Crippen LogP contribution is 2.33. The largest absolute Gasteiger partial charge is 0.480 e. The number of aryl methyl sites for hydroxylation is 2. The van der Waals surface area contributed by atoms with Crippen molar-refractivity contribution in [1.29, 1.82) is 0 Å². The molecule has 1 aromatic heterocycles. The van der Waals surface area contributed by atoms with E-state index in [0.29, 0.717) is 5.92 Å². The zero-order chi connectivity index (χ0) is 19.6. The highest BCUT2D eigenvalue weighted by atomic mass is 32.1. The fourth-order valence-electron chi connectivity index (χ4n) is 3.72. The molecule has 0 saturated heterocycles. The molecule has 0 atom stereocenters. The summed E-state index contributed by atoms with van der Waals surface area (Å²) in [5.74, 6) is -0.215. The predicted octanol–water partition coefficient (Wildman–Crippen LogP) is 2.77. The number of carbonyl (C=O) groups excluding carboxylic acids is 2. The first-order chi connectivity index (χ1) is 12.8. The quantitative estimate of drug-likeness (QED) is 0.598. The van der Waals surface area contributed by atoms with Gasteiger partial charge in [0, 0.05) is 46.8 Å². The molecular formula is C20H28N2O4S. The molecule has 1 aromatic rings. The highest BCUT2D eigenvalue weighted by molar-refractivity contribution is 7.12. The molecule has 2 aliphatic carbocycles. The first-order valence-electron chi connectivity index (χ1n) is 9.67. The van der Waals surface area contributed by atoms with Gasteiger partial charge < -0.3 is 10.4 Å². The van der Waals surface area contributed by atoms with Crippen molar-refractivity contribution in [1.82, 2.24) is 10.2 Å². The summed E-state index contributed by atoms with van der Waals surface area (Å²) in [6.07, 6.45) is 4.41. The van der Waals surface area contributed by atoms with Crippen LogP contribution in [-0.4, -0.2) is 52.8 Å². The van der Waals surface area contributed by atoms with E-state index in [0.717, 1.165) is 34.7 Å². The van der Waals surface area contributed by atoms with Gasteiger partial charge in [-0.15, -0.1) is 11.3 Å². The molecule has 1 amide bonds. The average Bonchev–Trinajstić information content (AvgIpc) is 3.29. The second-order valence-electron chi connectivity index (χ2n) is 7.91. The number of carbonyl (C=O) groups is 3. The lowest BCUT2D eigenvalue weighted by Crippen LogP contribution is -2.55. The van der Waals surface area contributed by atoms with E-state index in [4.69, 9.17) is 5.11 Å². The molecule has 2 saturated carbocycles. The standard InChI is InChI=1S/C20H28N2O4S/c1-12-7-17(13(2)27-12)18(23)5-6-19(24)21-15-8-16(9-15)22(11-20(25)26)10-14-3-4-14/h7,14-16H,3-6,8-11H2,1-2H3,(H,21,24)(H,25,26). The number of Topliss-reactive ketones (excluding diaryl/α,β-unsaturated/α-hetero) is 1. The summed E-state index contributed by atoms with van der Waals surface area (Å²) in [6.45, 7) is 4.84. The van der Waals surface area contributed by atoms with Gasteiger partial charge in [0.25, 0.3) is 0 Å². The molecule has 0 radical (unpaired) electrons. The Kier molecular flexibility index (Phi) is 6.32. The number of hydrogen-bond donors (Lipinski definition) is 2. The average molecular weight is 393 g/mol. The lowest BCUT2D eigenvalue weighted by Gasteiger charge is -2.42. The van der Waals surface area contributed by atoms with Crippen molar-refractivity contribution < 1.29 is 19.5 Å². The minimum atomic E-state index is -0.791. The highest BCUT2D eigenvalue weighted by Gasteiger charge is 2.37. The SMILES string of the molecule is Cc1cc(C(=O)CCC(=O)NC2CC(N(CC(=O)O)CC3CC3)C2)c(C)s1. The fraction of sp³-hybridized carbons (Fsp3) is 0.650. The molecule has 0 unspecified atom stereocenters. The molecule has 2 N–H and O–H groups in total. The number of nitrogens with zero attached hydrogens (tertiary/aromatic N) is 1. The van der Waals surface area contributed by atoms with Crippen LogP contribution in [0.2, 0.25) is 0 Å². The van der Waals surface area contributed by atoms with Crippen LogP contribution >= 0.6 is 11.3 Å². The molecule has 3 rings (SSSR count). The summed E-state index contributed by atoms with van der Waals surface area (Å²) >= 11 is 1.60. The van der Waals surface area contributed by atoms with Crippen LogP contribution in [0.4, 0.5) is 0 Å². The molecule has 2 aliphatic rings. The zero-order valence-electron chi connectivity index (χ0n) is 16.0. The number of rotatable bonds is 10. The lowest BCUT2D eigenvalue weighted by atomic mass is 9.85. The Labute approximate surface area is 163 Å². The summed E-state index contributed by atoms with van der Waals surface area (Å²) in [7, 11) is 0. The minimum absolute atomic E-state index is 0.0237. The van der Waals surface area contributed by atoms with Crippen molar-refractivity contribution in [3.63, 3.8) is 0 Å². The molecule has 6 nitrogen and oxygen atoms in total. The Bertz CT molecular complexity index is 720. The van der Waals surface area contributed by atoms with Gasteiger partial charge in [-0.25, -0.2) is 0 Å².